The monoisotopic (exact) mass is 188 g/mol. The van der Waals surface area contributed by atoms with Crippen LogP contribution in [-0.4, -0.2) is 12.1 Å². The summed E-state index contributed by atoms with van der Waals surface area (Å²) in [7, 11) is 1.34. The number of halogens is 2. The number of nitrogen functional groups attached to an aromatic ring is 1. The quantitative estimate of drug-likeness (QED) is 0.771. The Morgan fingerprint density at radius 3 is 2.62 bits per heavy atom. The van der Waals surface area contributed by atoms with Crippen molar-refractivity contribution < 1.29 is 13.5 Å². The van der Waals surface area contributed by atoms with Crippen LogP contribution < -0.4 is 10.5 Å². The van der Waals surface area contributed by atoms with Gasteiger partial charge in [0, 0.05) is 11.3 Å². The lowest BCUT2D eigenvalue weighted by molar-refractivity contribution is 0.151. The number of rotatable bonds is 2. The number of aromatic nitrogens is 1. The molecule has 0 amide bonds. The Hall–Kier alpha value is -1.39. The predicted octanol–water partition coefficient (Wildman–Crippen LogP) is 1.92. The summed E-state index contributed by atoms with van der Waals surface area (Å²) in [5, 5.41) is 0. The summed E-state index contributed by atoms with van der Waals surface area (Å²) in [4.78, 5) is 3.85. The van der Waals surface area contributed by atoms with Crippen LogP contribution in [0.25, 0.3) is 0 Å². The maximum atomic E-state index is 12.4. The molecule has 1 heterocycles. The number of methoxy groups -OCH3 is 1. The van der Waals surface area contributed by atoms with Gasteiger partial charge >= 0.3 is 0 Å². The number of aryl methyl sites for hydroxylation is 1. The van der Waals surface area contributed by atoms with Crippen LogP contribution in [0.5, 0.6) is 5.88 Å². The standard InChI is InChI=1S/C8H10F2N2O/c1-4-3-5(7(9)10)6(11)8(12-4)13-2/h3,7H,11H2,1-2H3. The fourth-order valence-corrected chi connectivity index (χ4v) is 1.02. The van der Waals surface area contributed by atoms with Crippen molar-refractivity contribution in [1.82, 2.24) is 4.98 Å². The third-order valence-electron chi connectivity index (χ3n) is 1.61. The lowest BCUT2D eigenvalue weighted by Gasteiger charge is -2.09. The van der Waals surface area contributed by atoms with Crippen molar-refractivity contribution in [3.8, 4) is 5.88 Å². The molecule has 3 nitrogen and oxygen atoms in total. The van der Waals surface area contributed by atoms with Crippen molar-refractivity contribution in [2.45, 2.75) is 13.3 Å². The topological polar surface area (TPSA) is 48.1 Å². The molecule has 0 aliphatic heterocycles. The van der Waals surface area contributed by atoms with Gasteiger partial charge in [0.15, 0.2) is 0 Å². The minimum Gasteiger partial charge on any atom is -0.480 e. The molecule has 0 fully saturated rings. The molecule has 0 aliphatic rings. The number of nitrogens with two attached hydrogens (primary N) is 1. The highest BCUT2D eigenvalue weighted by Gasteiger charge is 2.16. The molecule has 0 saturated heterocycles. The van der Waals surface area contributed by atoms with E-state index in [2.05, 4.69) is 4.98 Å². The van der Waals surface area contributed by atoms with E-state index >= 15 is 0 Å². The van der Waals surface area contributed by atoms with Gasteiger partial charge in [-0.05, 0) is 13.0 Å². The molecule has 13 heavy (non-hydrogen) atoms. The predicted molar refractivity (Wildman–Crippen MR) is 44.9 cm³/mol. The van der Waals surface area contributed by atoms with Gasteiger partial charge in [0.2, 0.25) is 5.88 Å². The highest BCUT2D eigenvalue weighted by atomic mass is 19.3. The van der Waals surface area contributed by atoms with Gasteiger partial charge in [-0.2, -0.15) is 0 Å². The minimum atomic E-state index is -2.60. The fourth-order valence-electron chi connectivity index (χ4n) is 1.02. The van der Waals surface area contributed by atoms with Crippen LogP contribution in [0.1, 0.15) is 17.7 Å². The number of nitrogens with zero attached hydrogens (tertiary/aromatic N) is 1. The number of hydrogen-bond acceptors (Lipinski definition) is 3. The van der Waals surface area contributed by atoms with E-state index in [0.29, 0.717) is 5.69 Å². The van der Waals surface area contributed by atoms with Crippen LogP contribution in [0, 0.1) is 6.92 Å². The molecular formula is C8H10F2N2O. The highest BCUT2D eigenvalue weighted by molar-refractivity contribution is 5.56. The van der Waals surface area contributed by atoms with Crippen LogP contribution in [0.4, 0.5) is 14.5 Å². The summed E-state index contributed by atoms with van der Waals surface area (Å²) in [5.41, 5.74) is 5.53. The zero-order valence-corrected chi connectivity index (χ0v) is 7.34. The SMILES string of the molecule is COc1nc(C)cc(C(F)F)c1N. The Bertz CT molecular complexity index is 315. The van der Waals surface area contributed by atoms with Gasteiger partial charge in [-0.25, -0.2) is 13.8 Å². The van der Waals surface area contributed by atoms with E-state index in [4.69, 9.17) is 10.5 Å². The van der Waals surface area contributed by atoms with Gasteiger partial charge in [-0.3, -0.25) is 0 Å². The maximum absolute atomic E-state index is 12.4. The Morgan fingerprint density at radius 2 is 2.15 bits per heavy atom. The molecule has 0 spiro atoms. The van der Waals surface area contributed by atoms with E-state index in [1.807, 2.05) is 0 Å². The van der Waals surface area contributed by atoms with E-state index in [-0.39, 0.29) is 17.1 Å². The molecule has 5 heteroatoms. The number of alkyl halides is 2. The van der Waals surface area contributed by atoms with E-state index in [0.717, 1.165) is 0 Å². The van der Waals surface area contributed by atoms with Gasteiger partial charge in [0.25, 0.3) is 6.43 Å². The van der Waals surface area contributed by atoms with Crippen molar-refractivity contribution in [2.24, 2.45) is 0 Å². The van der Waals surface area contributed by atoms with Crippen molar-refractivity contribution in [1.29, 1.82) is 0 Å². The summed E-state index contributed by atoms with van der Waals surface area (Å²) in [6.07, 6.45) is -2.60. The van der Waals surface area contributed by atoms with E-state index in [1.165, 1.54) is 13.2 Å². The van der Waals surface area contributed by atoms with Crippen LogP contribution >= 0.6 is 0 Å². The molecule has 0 aliphatic carbocycles. The second kappa shape index (κ2) is 3.55. The van der Waals surface area contributed by atoms with Crippen LogP contribution in [0.2, 0.25) is 0 Å². The molecule has 2 N–H and O–H groups in total. The number of anilines is 1. The molecule has 0 radical (unpaired) electrons. The van der Waals surface area contributed by atoms with E-state index in [9.17, 15) is 8.78 Å². The molecule has 1 aromatic rings. The molecule has 72 valence electrons. The van der Waals surface area contributed by atoms with E-state index < -0.39 is 6.43 Å². The van der Waals surface area contributed by atoms with Crippen LogP contribution in [0.3, 0.4) is 0 Å². The molecule has 0 aromatic carbocycles. The second-order valence-corrected chi connectivity index (χ2v) is 2.58. The zero-order chi connectivity index (χ0) is 10.0. The summed E-state index contributed by atoms with van der Waals surface area (Å²) in [6.45, 7) is 1.60. The summed E-state index contributed by atoms with van der Waals surface area (Å²) >= 11 is 0. The highest BCUT2D eigenvalue weighted by Crippen LogP contribution is 2.31. The first-order chi connectivity index (χ1) is 6.06. The van der Waals surface area contributed by atoms with Crippen molar-refractivity contribution in [3.05, 3.63) is 17.3 Å². The molecule has 1 aromatic heterocycles. The second-order valence-electron chi connectivity index (χ2n) is 2.58. The fraction of sp³-hybridized carbons (Fsp3) is 0.375. The summed E-state index contributed by atoms with van der Waals surface area (Å²) < 4.78 is 29.5. The zero-order valence-electron chi connectivity index (χ0n) is 7.34. The number of ether oxygens (including phenoxy) is 1. The lowest BCUT2D eigenvalue weighted by Crippen LogP contribution is -2.02. The lowest BCUT2D eigenvalue weighted by atomic mass is 10.2. The normalized spacial score (nSPS) is 10.5. The Morgan fingerprint density at radius 1 is 1.54 bits per heavy atom. The first kappa shape index (κ1) is 9.70. The molecule has 0 unspecified atom stereocenters. The first-order valence-electron chi connectivity index (χ1n) is 3.65. The minimum absolute atomic E-state index is 0.0512. The summed E-state index contributed by atoms with van der Waals surface area (Å²) in [5.74, 6) is 0.0512. The average Bonchev–Trinajstić information content (AvgIpc) is 2.08. The number of pyridine rings is 1. The van der Waals surface area contributed by atoms with Crippen molar-refractivity contribution in [3.63, 3.8) is 0 Å². The molecule has 0 atom stereocenters. The van der Waals surface area contributed by atoms with Gasteiger partial charge in [-0.15, -0.1) is 0 Å². The number of hydrogen-bond donors (Lipinski definition) is 1. The Labute approximate surface area is 74.5 Å². The van der Waals surface area contributed by atoms with Crippen LogP contribution in [0.15, 0.2) is 6.07 Å². The Kier molecular flexibility index (Phi) is 2.65. The molecule has 0 saturated carbocycles. The molecule has 0 bridgehead atoms. The third kappa shape index (κ3) is 1.85. The third-order valence-corrected chi connectivity index (χ3v) is 1.61. The molecular weight excluding hydrogens is 178 g/mol. The van der Waals surface area contributed by atoms with Gasteiger partial charge < -0.3 is 10.5 Å². The van der Waals surface area contributed by atoms with Gasteiger partial charge in [0.05, 0.1) is 7.11 Å². The van der Waals surface area contributed by atoms with Crippen molar-refractivity contribution >= 4 is 5.69 Å². The summed E-state index contributed by atoms with van der Waals surface area (Å²) in [6, 6.07) is 1.25. The van der Waals surface area contributed by atoms with Crippen molar-refractivity contribution in [2.75, 3.05) is 12.8 Å². The Balaban J connectivity index is 3.27. The first-order valence-corrected chi connectivity index (χ1v) is 3.65. The largest absolute Gasteiger partial charge is 0.480 e. The smallest absolute Gasteiger partial charge is 0.266 e. The van der Waals surface area contributed by atoms with Gasteiger partial charge in [-0.1, -0.05) is 0 Å². The average molecular weight is 188 g/mol. The molecule has 1 rings (SSSR count). The van der Waals surface area contributed by atoms with Gasteiger partial charge in [0.1, 0.15) is 5.69 Å². The van der Waals surface area contributed by atoms with E-state index in [1.54, 1.807) is 6.92 Å². The maximum Gasteiger partial charge on any atom is 0.266 e. The van der Waals surface area contributed by atoms with Crippen LogP contribution in [-0.2, 0) is 0 Å².